The zero-order chi connectivity index (χ0) is 29.8. The number of aromatic hydroxyl groups is 1. The van der Waals surface area contributed by atoms with Crippen molar-refractivity contribution < 1.29 is 32.7 Å². The van der Waals surface area contributed by atoms with Crippen LogP contribution in [0.15, 0.2) is 82.9 Å². The normalized spacial score (nSPS) is 19.9. The van der Waals surface area contributed by atoms with E-state index in [1.54, 1.807) is 12.1 Å². The molecule has 0 bridgehead atoms. The van der Waals surface area contributed by atoms with E-state index in [1.807, 2.05) is 0 Å². The van der Waals surface area contributed by atoms with Crippen LogP contribution in [0, 0.1) is 5.92 Å². The van der Waals surface area contributed by atoms with Crippen molar-refractivity contribution in [1.82, 2.24) is 9.55 Å². The minimum Gasteiger partial charge on any atom is -0.508 e. The fourth-order valence-electron chi connectivity index (χ4n) is 5.14. The molecule has 0 spiro atoms. The lowest BCUT2D eigenvalue weighted by atomic mass is 9.84. The Morgan fingerprint density at radius 2 is 1.79 bits per heavy atom. The first-order valence-corrected chi connectivity index (χ1v) is 14.2. The van der Waals surface area contributed by atoms with Gasteiger partial charge in [0, 0.05) is 28.9 Å². The van der Waals surface area contributed by atoms with Crippen LogP contribution in [-0.2, 0) is 27.1 Å². The van der Waals surface area contributed by atoms with Gasteiger partial charge in [0.25, 0.3) is 0 Å². The average Bonchev–Trinajstić information content (AvgIpc) is 3.40. The zero-order valence-corrected chi connectivity index (χ0v) is 22.9. The number of thiazole rings is 1. The van der Waals surface area contributed by atoms with Crippen molar-refractivity contribution in [2.45, 2.75) is 28.9 Å². The van der Waals surface area contributed by atoms with E-state index in [2.05, 4.69) is 10.3 Å². The highest BCUT2D eigenvalue weighted by Gasteiger charge is 2.57. The van der Waals surface area contributed by atoms with E-state index in [4.69, 9.17) is 0 Å². The van der Waals surface area contributed by atoms with Crippen LogP contribution in [0.25, 0.3) is 0 Å². The summed E-state index contributed by atoms with van der Waals surface area (Å²) in [5.41, 5.74) is -0.263. The summed E-state index contributed by atoms with van der Waals surface area (Å²) in [7, 11) is 0. The van der Waals surface area contributed by atoms with Gasteiger partial charge < -0.3 is 10.4 Å². The number of rotatable bonds is 5. The number of phenols is 1. The fourth-order valence-corrected chi connectivity index (χ4v) is 7.91. The average molecular weight is 613 g/mol. The predicted octanol–water partition coefficient (Wildman–Crippen LogP) is 4.46. The third-order valence-electron chi connectivity index (χ3n) is 6.98. The number of carbonyl (C=O) groups is 3. The molecule has 2 aliphatic heterocycles. The van der Waals surface area contributed by atoms with Gasteiger partial charge in [-0.05, 0) is 54.1 Å². The fraction of sp³-hybridized carbons (Fsp3) is 0.179. The van der Waals surface area contributed by atoms with Gasteiger partial charge in [0.15, 0.2) is 0 Å². The second-order valence-electron chi connectivity index (χ2n) is 9.61. The van der Waals surface area contributed by atoms with Crippen LogP contribution in [0.1, 0.15) is 21.9 Å². The van der Waals surface area contributed by atoms with Gasteiger partial charge in [-0.25, -0.2) is 4.90 Å². The Morgan fingerprint density at radius 1 is 1.02 bits per heavy atom. The maximum atomic E-state index is 13.8. The molecular formula is C28H19F3N4O5S2. The van der Waals surface area contributed by atoms with Gasteiger partial charge >= 0.3 is 11.0 Å². The van der Waals surface area contributed by atoms with Gasteiger partial charge in [-0.3, -0.25) is 28.7 Å². The summed E-state index contributed by atoms with van der Waals surface area (Å²) in [5.74, 6) is -3.75. The first kappa shape index (κ1) is 27.7. The number of hydrogen-bond donors (Lipinski definition) is 2. The molecule has 0 aliphatic carbocycles. The molecule has 3 amide bonds. The number of alkyl halides is 3. The summed E-state index contributed by atoms with van der Waals surface area (Å²) in [4.78, 5) is 58.5. The number of carbonyl (C=O) groups excluding carboxylic acids is 3. The van der Waals surface area contributed by atoms with Crippen LogP contribution in [0.4, 0.5) is 24.5 Å². The van der Waals surface area contributed by atoms with E-state index in [1.165, 1.54) is 47.3 Å². The molecule has 4 heterocycles. The van der Waals surface area contributed by atoms with Crippen molar-refractivity contribution in [2.75, 3.05) is 10.2 Å². The lowest BCUT2D eigenvalue weighted by Gasteiger charge is -2.30. The van der Waals surface area contributed by atoms with Crippen molar-refractivity contribution in [3.63, 3.8) is 0 Å². The topological polar surface area (TPSA) is 122 Å². The Labute approximate surface area is 243 Å². The molecule has 2 unspecified atom stereocenters. The summed E-state index contributed by atoms with van der Waals surface area (Å²) in [6.45, 7) is -0.394. The lowest BCUT2D eigenvalue weighted by Crippen LogP contribution is -2.33. The first-order chi connectivity index (χ1) is 20.0. The van der Waals surface area contributed by atoms with Crippen molar-refractivity contribution in [2.24, 2.45) is 5.92 Å². The number of phenolic OH excluding ortho intramolecular Hbond substituents is 1. The van der Waals surface area contributed by atoms with Crippen LogP contribution in [0.2, 0.25) is 0 Å². The number of nitrogens with zero attached hydrogens (tertiary/aromatic N) is 3. The number of aromatic nitrogens is 2. The van der Waals surface area contributed by atoms with E-state index >= 15 is 0 Å². The quantitative estimate of drug-likeness (QED) is 0.252. The second-order valence-corrected chi connectivity index (χ2v) is 11.7. The molecule has 2 aliphatic rings. The maximum absolute atomic E-state index is 13.8. The summed E-state index contributed by atoms with van der Waals surface area (Å²) < 4.78 is 41.5. The molecule has 0 saturated carbocycles. The molecule has 2 aromatic carbocycles. The van der Waals surface area contributed by atoms with Crippen molar-refractivity contribution in [3.8, 4) is 5.75 Å². The van der Waals surface area contributed by atoms with Crippen molar-refractivity contribution in [1.29, 1.82) is 0 Å². The van der Waals surface area contributed by atoms with Crippen LogP contribution < -0.4 is 15.1 Å². The highest BCUT2D eigenvalue weighted by atomic mass is 32.2. The molecule has 14 heteroatoms. The van der Waals surface area contributed by atoms with Crippen LogP contribution >= 0.6 is 23.1 Å². The number of nitrogens with one attached hydrogen (secondary N) is 1. The largest absolute Gasteiger partial charge is 0.508 e. The molecule has 42 heavy (non-hydrogen) atoms. The van der Waals surface area contributed by atoms with Crippen LogP contribution in [0.5, 0.6) is 5.75 Å². The third kappa shape index (κ3) is 4.86. The molecule has 0 radical (unpaired) electrons. The van der Waals surface area contributed by atoms with Gasteiger partial charge in [0.1, 0.15) is 17.5 Å². The van der Waals surface area contributed by atoms with E-state index in [9.17, 15) is 37.5 Å². The van der Waals surface area contributed by atoms with Crippen LogP contribution in [-0.4, -0.2) is 37.6 Å². The van der Waals surface area contributed by atoms with Gasteiger partial charge in [-0.2, -0.15) is 13.2 Å². The van der Waals surface area contributed by atoms with Gasteiger partial charge in [-0.1, -0.05) is 35.2 Å². The number of thioether (sulfide) groups is 1. The summed E-state index contributed by atoms with van der Waals surface area (Å²) >= 11 is 1.79. The van der Waals surface area contributed by atoms with Crippen molar-refractivity contribution >= 4 is 52.2 Å². The molecule has 6 rings (SSSR count). The smallest absolute Gasteiger partial charge is 0.416 e. The molecule has 9 nitrogen and oxygen atoms in total. The number of pyridine rings is 1. The molecule has 214 valence electrons. The van der Waals surface area contributed by atoms with Crippen molar-refractivity contribution in [3.05, 3.63) is 98.7 Å². The lowest BCUT2D eigenvalue weighted by molar-refractivity contribution is -0.137. The second kappa shape index (κ2) is 10.4. The Bertz CT molecular complexity index is 1770. The zero-order valence-electron chi connectivity index (χ0n) is 21.2. The Morgan fingerprint density at radius 3 is 2.48 bits per heavy atom. The van der Waals surface area contributed by atoms with E-state index in [0.29, 0.717) is 21.2 Å². The maximum Gasteiger partial charge on any atom is 0.416 e. The predicted molar refractivity (Wildman–Crippen MR) is 148 cm³/mol. The monoisotopic (exact) mass is 612 g/mol. The summed E-state index contributed by atoms with van der Waals surface area (Å²) in [5, 5.41) is 11.4. The van der Waals surface area contributed by atoms with E-state index < -0.39 is 58.0 Å². The molecular weight excluding hydrogens is 593 g/mol. The standard InChI is InChI=1S/C28H19F3N4O5S2/c29-28(30,31)15-4-1-5-17(11-15)35-24(38)21-20(14-3-2-10-32-12-14)23-26(41-22(21)25(35)39)34(27(40)42-23)13-19(37)33-16-6-8-18(36)9-7-16/h1-12,20-22,36H,13H2,(H,33,37)/t20-,21?,22?/m1/s1. The summed E-state index contributed by atoms with van der Waals surface area (Å²) in [6, 6.07) is 13.1. The van der Waals surface area contributed by atoms with Crippen LogP contribution in [0.3, 0.4) is 0 Å². The Balaban J connectivity index is 1.39. The number of benzene rings is 2. The minimum atomic E-state index is -4.68. The number of imide groups is 1. The number of fused-ring (bicyclic) bond motifs is 2. The molecule has 4 aromatic rings. The minimum absolute atomic E-state index is 0.0125. The van der Waals surface area contributed by atoms with E-state index in [-0.39, 0.29) is 11.4 Å². The molecule has 2 aromatic heterocycles. The SMILES string of the molecule is O=C(Cn1c2c(sc1=O)[C@H](c1cccnc1)C1C(=O)N(c3cccc(C(F)(F)F)c3)C(=O)C1S2)Nc1ccc(O)cc1. The highest BCUT2D eigenvalue weighted by Crippen LogP contribution is 2.54. The molecule has 1 fully saturated rings. The summed E-state index contributed by atoms with van der Waals surface area (Å²) in [6.07, 6.45) is -1.64. The number of hydrogen-bond acceptors (Lipinski definition) is 8. The van der Waals surface area contributed by atoms with Gasteiger partial charge in [0.2, 0.25) is 17.7 Å². The van der Waals surface area contributed by atoms with Gasteiger partial charge in [0.05, 0.1) is 22.2 Å². The molecule has 1 saturated heterocycles. The Hall–Kier alpha value is -4.43. The number of amides is 3. The number of anilines is 2. The molecule has 3 atom stereocenters. The Kier molecular flexibility index (Phi) is 6.89. The highest BCUT2D eigenvalue weighted by molar-refractivity contribution is 8.00. The molecule has 2 N–H and O–H groups in total. The first-order valence-electron chi connectivity index (χ1n) is 12.5. The number of halogens is 3. The third-order valence-corrected chi connectivity index (χ3v) is 9.58. The van der Waals surface area contributed by atoms with Gasteiger partial charge in [-0.15, -0.1) is 0 Å². The van der Waals surface area contributed by atoms with E-state index in [0.717, 1.165) is 46.2 Å².